The summed E-state index contributed by atoms with van der Waals surface area (Å²) in [5.41, 5.74) is 0.782. The van der Waals surface area contributed by atoms with Crippen LogP contribution in [0.25, 0.3) is 0 Å². The minimum absolute atomic E-state index is 0.0695. The van der Waals surface area contributed by atoms with Gasteiger partial charge in [-0.1, -0.05) is 0 Å². The van der Waals surface area contributed by atoms with E-state index in [-0.39, 0.29) is 10.8 Å². The zero-order valence-corrected chi connectivity index (χ0v) is 15.6. The van der Waals surface area contributed by atoms with E-state index in [9.17, 15) is 13.2 Å². The van der Waals surface area contributed by atoms with Crippen LogP contribution in [-0.4, -0.2) is 27.2 Å². The van der Waals surface area contributed by atoms with Crippen molar-refractivity contribution in [3.63, 3.8) is 0 Å². The summed E-state index contributed by atoms with van der Waals surface area (Å²) in [6.07, 6.45) is 3.78. The van der Waals surface area contributed by atoms with Crippen LogP contribution in [-0.2, 0) is 10.0 Å². The lowest BCUT2D eigenvalue weighted by molar-refractivity contribution is -0.0716. The van der Waals surface area contributed by atoms with Crippen LogP contribution in [0.3, 0.4) is 0 Å². The first-order valence-electron chi connectivity index (χ1n) is 8.78. The maximum atomic E-state index is 12.6. The second kappa shape index (κ2) is 6.45. The van der Waals surface area contributed by atoms with Crippen LogP contribution in [0.4, 0.5) is 5.69 Å². The molecule has 7 nitrogen and oxygen atoms in total. The van der Waals surface area contributed by atoms with Gasteiger partial charge < -0.3 is 14.8 Å². The van der Waals surface area contributed by atoms with Gasteiger partial charge in [0.1, 0.15) is 0 Å². The summed E-state index contributed by atoms with van der Waals surface area (Å²) in [6.45, 7) is 0. The predicted molar refractivity (Wildman–Crippen MR) is 99.5 cm³/mol. The topological polar surface area (TPSA) is 93.7 Å². The number of amides is 1. The van der Waals surface area contributed by atoms with Crippen LogP contribution >= 0.6 is 0 Å². The van der Waals surface area contributed by atoms with E-state index in [1.165, 1.54) is 31.3 Å². The number of hydrogen-bond donors (Lipinski definition) is 2. The molecule has 2 aromatic rings. The highest BCUT2D eigenvalue weighted by molar-refractivity contribution is 7.92. The highest BCUT2D eigenvalue weighted by Crippen LogP contribution is 2.47. The minimum Gasteiger partial charge on any atom is -0.448 e. The number of rotatable bonds is 4. The van der Waals surface area contributed by atoms with Crippen molar-refractivity contribution in [2.24, 2.45) is 0 Å². The lowest BCUT2D eigenvalue weighted by Gasteiger charge is -2.21. The maximum absolute atomic E-state index is 12.6. The van der Waals surface area contributed by atoms with Gasteiger partial charge >= 0.3 is 0 Å². The maximum Gasteiger partial charge on any atom is 0.261 e. The molecule has 0 atom stereocenters. The van der Waals surface area contributed by atoms with Gasteiger partial charge in [-0.2, -0.15) is 0 Å². The Labute approximate surface area is 157 Å². The van der Waals surface area contributed by atoms with E-state index in [1.54, 1.807) is 18.2 Å². The monoisotopic (exact) mass is 388 g/mol. The van der Waals surface area contributed by atoms with Crippen LogP contribution in [0, 0.1) is 0 Å². The van der Waals surface area contributed by atoms with Gasteiger partial charge in [0.15, 0.2) is 11.5 Å². The van der Waals surface area contributed by atoms with Crippen molar-refractivity contribution >= 4 is 21.6 Å². The van der Waals surface area contributed by atoms with Crippen LogP contribution in [0.15, 0.2) is 47.4 Å². The smallest absolute Gasteiger partial charge is 0.261 e. The van der Waals surface area contributed by atoms with Gasteiger partial charge in [0.25, 0.3) is 21.7 Å². The van der Waals surface area contributed by atoms with E-state index in [4.69, 9.17) is 9.47 Å². The molecule has 0 saturated heterocycles. The summed E-state index contributed by atoms with van der Waals surface area (Å²) >= 11 is 0. The molecule has 1 fully saturated rings. The molecule has 0 unspecified atom stereocenters. The Bertz CT molecular complexity index is 980. The molecule has 1 aliphatic heterocycles. The number of nitrogens with one attached hydrogen (secondary N) is 2. The number of benzene rings is 2. The number of carbonyl (C=O) groups excluding carboxylic acids is 1. The third kappa shape index (κ3) is 3.32. The quantitative estimate of drug-likeness (QED) is 0.840. The van der Waals surface area contributed by atoms with Crippen molar-refractivity contribution in [2.75, 3.05) is 11.8 Å². The number of carbonyl (C=O) groups is 1. The molecule has 1 saturated carbocycles. The van der Waals surface area contributed by atoms with Crippen LogP contribution in [0.5, 0.6) is 11.5 Å². The van der Waals surface area contributed by atoms with Gasteiger partial charge in [0.05, 0.1) is 10.6 Å². The van der Waals surface area contributed by atoms with E-state index in [2.05, 4.69) is 10.0 Å². The normalized spacial score (nSPS) is 17.1. The molecule has 1 aliphatic carbocycles. The third-order valence-corrected chi connectivity index (χ3v) is 6.20. The molecule has 2 aromatic carbocycles. The Morgan fingerprint density at radius 3 is 2.33 bits per heavy atom. The average molecular weight is 388 g/mol. The number of anilines is 1. The summed E-state index contributed by atoms with van der Waals surface area (Å²) in [7, 11) is -2.27. The van der Waals surface area contributed by atoms with Gasteiger partial charge in [-0.15, -0.1) is 0 Å². The molecule has 142 valence electrons. The van der Waals surface area contributed by atoms with Crippen LogP contribution < -0.4 is 19.5 Å². The van der Waals surface area contributed by atoms with Gasteiger partial charge in [-0.3, -0.25) is 9.52 Å². The lowest BCUT2D eigenvalue weighted by Crippen LogP contribution is -2.34. The van der Waals surface area contributed by atoms with Gasteiger partial charge in [-0.05, 0) is 49.2 Å². The van der Waals surface area contributed by atoms with Crippen molar-refractivity contribution in [1.29, 1.82) is 0 Å². The van der Waals surface area contributed by atoms with Gasteiger partial charge in [0.2, 0.25) is 0 Å². The summed E-state index contributed by atoms with van der Waals surface area (Å²) in [5, 5.41) is 2.49. The summed E-state index contributed by atoms with van der Waals surface area (Å²) < 4.78 is 39.7. The van der Waals surface area contributed by atoms with Gasteiger partial charge in [0, 0.05) is 31.5 Å². The number of fused-ring (bicyclic) bond motifs is 1. The highest BCUT2D eigenvalue weighted by atomic mass is 32.2. The van der Waals surface area contributed by atoms with Crippen molar-refractivity contribution in [2.45, 2.75) is 36.4 Å². The van der Waals surface area contributed by atoms with Crippen molar-refractivity contribution < 1.29 is 22.7 Å². The van der Waals surface area contributed by atoms with E-state index >= 15 is 0 Å². The second-order valence-corrected chi connectivity index (χ2v) is 8.37. The highest BCUT2D eigenvalue weighted by Gasteiger charge is 2.44. The molecule has 2 aliphatic rings. The zero-order chi connectivity index (χ0) is 19.1. The molecule has 1 amide bonds. The lowest BCUT2D eigenvalue weighted by atomic mass is 10.2. The van der Waals surface area contributed by atoms with E-state index < -0.39 is 15.8 Å². The average Bonchev–Trinajstić information content (AvgIpc) is 3.26. The fourth-order valence-electron chi connectivity index (χ4n) is 3.42. The van der Waals surface area contributed by atoms with Crippen LogP contribution in [0.1, 0.15) is 36.0 Å². The second-order valence-electron chi connectivity index (χ2n) is 6.69. The minimum atomic E-state index is -3.79. The Balaban J connectivity index is 1.53. The molecule has 1 heterocycles. The van der Waals surface area contributed by atoms with E-state index in [1.807, 2.05) is 0 Å². The van der Waals surface area contributed by atoms with Crippen molar-refractivity contribution in [3.05, 3.63) is 48.0 Å². The summed E-state index contributed by atoms with van der Waals surface area (Å²) in [4.78, 5) is 11.6. The first-order chi connectivity index (χ1) is 12.9. The number of ether oxygens (including phenoxy) is 2. The van der Waals surface area contributed by atoms with Crippen LogP contribution in [0.2, 0.25) is 0 Å². The fraction of sp³-hybridized carbons (Fsp3) is 0.316. The van der Waals surface area contributed by atoms with E-state index in [0.29, 0.717) is 22.7 Å². The van der Waals surface area contributed by atoms with E-state index in [0.717, 1.165) is 25.7 Å². The Morgan fingerprint density at radius 2 is 1.67 bits per heavy atom. The fourth-order valence-corrected chi connectivity index (χ4v) is 4.47. The zero-order valence-electron chi connectivity index (χ0n) is 14.8. The molecular weight excluding hydrogens is 368 g/mol. The summed E-state index contributed by atoms with van der Waals surface area (Å²) in [5.74, 6) is 0.320. The standard InChI is InChI=1S/C19H20N2O5S/c1-20-18(22)13-4-7-15(8-5-13)27(23,24)21-14-6-9-16-17(12-14)26-19(25-16)10-2-3-11-19/h4-9,12,21H,2-3,10-11H2,1H3,(H,20,22). The molecular formula is C19H20N2O5S. The van der Waals surface area contributed by atoms with Crippen molar-refractivity contribution in [3.8, 4) is 11.5 Å². The Hall–Kier alpha value is -2.74. The summed E-state index contributed by atoms with van der Waals surface area (Å²) in [6, 6.07) is 10.7. The van der Waals surface area contributed by atoms with Crippen molar-refractivity contribution in [1.82, 2.24) is 5.32 Å². The number of hydrogen-bond acceptors (Lipinski definition) is 5. The molecule has 2 N–H and O–H groups in total. The Morgan fingerprint density at radius 1 is 1.00 bits per heavy atom. The first-order valence-corrected chi connectivity index (χ1v) is 10.3. The molecule has 8 heteroatoms. The molecule has 0 bridgehead atoms. The molecule has 4 rings (SSSR count). The molecule has 0 aromatic heterocycles. The Kier molecular flexibility index (Phi) is 4.22. The first kappa shape index (κ1) is 17.7. The SMILES string of the molecule is CNC(=O)c1ccc(S(=O)(=O)Nc2ccc3c(c2)OC2(CCCC2)O3)cc1. The molecule has 0 radical (unpaired) electrons. The third-order valence-electron chi connectivity index (χ3n) is 4.81. The predicted octanol–water partition coefficient (Wildman–Crippen LogP) is 2.89. The molecule has 27 heavy (non-hydrogen) atoms. The van der Waals surface area contributed by atoms with Gasteiger partial charge in [-0.25, -0.2) is 8.42 Å². The largest absolute Gasteiger partial charge is 0.448 e. The number of sulfonamides is 1. The molecule has 1 spiro atoms.